The van der Waals surface area contributed by atoms with Crippen molar-refractivity contribution in [2.45, 2.75) is 19.8 Å². The molecule has 132 valence electrons. The van der Waals surface area contributed by atoms with Crippen LogP contribution in [0.25, 0.3) is 5.69 Å². The summed E-state index contributed by atoms with van der Waals surface area (Å²) in [5, 5.41) is 4.19. The lowest BCUT2D eigenvalue weighted by Crippen LogP contribution is -2.41. The van der Waals surface area contributed by atoms with E-state index in [9.17, 15) is 9.59 Å². The highest BCUT2D eigenvalue weighted by Gasteiger charge is 2.22. The molecular weight excluding hydrogens is 386 g/mol. The number of aromatic nitrogens is 2. The van der Waals surface area contributed by atoms with Gasteiger partial charge in [-0.05, 0) is 52.9 Å². The third-order valence-electron chi connectivity index (χ3n) is 4.23. The standard InChI is InChI=1S/C18H20BrN3O3/c1-13-4-3-7-21(10-13)17(23)12-25-18(24)14-5-2-6-16(8-14)22-11-15(19)9-20-22/h2,5-6,8-9,11,13H,3-4,7,10,12H2,1H3/t13-/m1/s1. The Kier molecular flexibility index (Phi) is 5.53. The van der Waals surface area contributed by atoms with Gasteiger partial charge in [0, 0.05) is 19.3 Å². The summed E-state index contributed by atoms with van der Waals surface area (Å²) < 4.78 is 7.71. The van der Waals surface area contributed by atoms with E-state index in [-0.39, 0.29) is 12.5 Å². The average molecular weight is 406 g/mol. The van der Waals surface area contributed by atoms with E-state index >= 15 is 0 Å². The van der Waals surface area contributed by atoms with Crippen molar-refractivity contribution in [2.75, 3.05) is 19.7 Å². The maximum absolute atomic E-state index is 12.3. The fourth-order valence-corrected chi connectivity index (χ4v) is 3.22. The number of rotatable bonds is 4. The molecule has 0 bridgehead atoms. The smallest absolute Gasteiger partial charge is 0.338 e. The number of likely N-dealkylation sites (tertiary alicyclic amines) is 1. The van der Waals surface area contributed by atoms with Gasteiger partial charge in [-0.1, -0.05) is 13.0 Å². The van der Waals surface area contributed by atoms with Crippen LogP contribution < -0.4 is 0 Å². The van der Waals surface area contributed by atoms with Crippen LogP contribution in [-0.2, 0) is 9.53 Å². The Morgan fingerprint density at radius 3 is 2.96 bits per heavy atom. The highest BCUT2D eigenvalue weighted by atomic mass is 79.9. The molecule has 25 heavy (non-hydrogen) atoms. The summed E-state index contributed by atoms with van der Waals surface area (Å²) in [6.07, 6.45) is 5.61. The van der Waals surface area contributed by atoms with E-state index < -0.39 is 5.97 Å². The minimum absolute atomic E-state index is 0.132. The van der Waals surface area contributed by atoms with Crippen molar-refractivity contribution in [3.05, 3.63) is 46.7 Å². The molecule has 1 aliphatic heterocycles. The van der Waals surface area contributed by atoms with Crippen LogP contribution in [0.2, 0.25) is 0 Å². The fraction of sp³-hybridized carbons (Fsp3) is 0.389. The lowest BCUT2D eigenvalue weighted by molar-refractivity contribution is -0.136. The summed E-state index contributed by atoms with van der Waals surface area (Å²) in [6, 6.07) is 6.96. The molecule has 1 aliphatic rings. The van der Waals surface area contributed by atoms with E-state index in [4.69, 9.17) is 4.74 Å². The van der Waals surface area contributed by atoms with Crippen molar-refractivity contribution in [1.29, 1.82) is 0 Å². The van der Waals surface area contributed by atoms with E-state index in [1.54, 1.807) is 40.2 Å². The minimum Gasteiger partial charge on any atom is -0.452 e. The number of esters is 1. The van der Waals surface area contributed by atoms with Gasteiger partial charge in [0.15, 0.2) is 6.61 Å². The molecule has 3 rings (SSSR count). The van der Waals surface area contributed by atoms with Crippen LogP contribution in [0, 0.1) is 5.92 Å². The molecular formula is C18H20BrN3O3. The first-order valence-electron chi connectivity index (χ1n) is 8.28. The van der Waals surface area contributed by atoms with Crippen LogP contribution in [0.3, 0.4) is 0 Å². The summed E-state index contributed by atoms with van der Waals surface area (Å²) in [5.41, 5.74) is 1.14. The Balaban J connectivity index is 1.60. The van der Waals surface area contributed by atoms with Crippen molar-refractivity contribution in [2.24, 2.45) is 5.92 Å². The Bertz CT molecular complexity index is 774. The van der Waals surface area contributed by atoms with Crippen molar-refractivity contribution in [3.8, 4) is 5.69 Å². The Hall–Kier alpha value is -2.15. The molecule has 0 N–H and O–H groups in total. The molecule has 1 atom stereocenters. The number of benzene rings is 1. The van der Waals surface area contributed by atoms with Crippen molar-refractivity contribution < 1.29 is 14.3 Å². The predicted molar refractivity (Wildman–Crippen MR) is 96.5 cm³/mol. The molecule has 7 heteroatoms. The molecule has 2 aromatic rings. The second kappa shape index (κ2) is 7.82. The first-order chi connectivity index (χ1) is 12.0. The van der Waals surface area contributed by atoms with E-state index in [2.05, 4.69) is 28.0 Å². The fourth-order valence-electron chi connectivity index (χ4n) is 2.94. The van der Waals surface area contributed by atoms with Crippen LogP contribution >= 0.6 is 15.9 Å². The number of amides is 1. The first-order valence-corrected chi connectivity index (χ1v) is 9.08. The second-order valence-electron chi connectivity index (χ2n) is 6.32. The summed E-state index contributed by atoms with van der Waals surface area (Å²) >= 11 is 3.34. The molecule has 0 radical (unpaired) electrons. The maximum Gasteiger partial charge on any atom is 0.338 e. The third kappa shape index (κ3) is 4.48. The van der Waals surface area contributed by atoms with Crippen LogP contribution in [0.1, 0.15) is 30.1 Å². The maximum atomic E-state index is 12.3. The highest BCUT2D eigenvalue weighted by molar-refractivity contribution is 9.10. The third-order valence-corrected chi connectivity index (χ3v) is 4.64. The molecule has 0 spiro atoms. The topological polar surface area (TPSA) is 64.4 Å². The summed E-state index contributed by atoms with van der Waals surface area (Å²) in [5.74, 6) is -0.142. The average Bonchev–Trinajstić information content (AvgIpc) is 3.06. The van der Waals surface area contributed by atoms with Gasteiger partial charge in [0.1, 0.15) is 0 Å². The van der Waals surface area contributed by atoms with Gasteiger partial charge < -0.3 is 9.64 Å². The molecule has 1 fully saturated rings. The van der Waals surface area contributed by atoms with E-state index in [1.165, 1.54) is 0 Å². The summed E-state index contributed by atoms with van der Waals surface area (Å²) in [4.78, 5) is 26.2. The van der Waals surface area contributed by atoms with Gasteiger partial charge in [-0.25, -0.2) is 9.48 Å². The number of ether oxygens (including phenoxy) is 1. The molecule has 1 amide bonds. The Morgan fingerprint density at radius 1 is 1.40 bits per heavy atom. The molecule has 1 aromatic heterocycles. The van der Waals surface area contributed by atoms with Crippen molar-refractivity contribution in [1.82, 2.24) is 14.7 Å². The minimum atomic E-state index is -0.508. The van der Waals surface area contributed by atoms with Crippen molar-refractivity contribution >= 4 is 27.8 Å². The number of carbonyl (C=O) groups excluding carboxylic acids is 2. The van der Waals surface area contributed by atoms with E-state index in [1.807, 2.05) is 6.07 Å². The number of carbonyl (C=O) groups is 2. The quantitative estimate of drug-likeness (QED) is 0.733. The van der Waals surface area contributed by atoms with Gasteiger partial charge in [0.25, 0.3) is 5.91 Å². The van der Waals surface area contributed by atoms with Gasteiger partial charge >= 0.3 is 5.97 Å². The molecule has 1 saturated heterocycles. The van der Waals surface area contributed by atoms with Crippen LogP contribution in [0.4, 0.5) is 0 Å². The SMILES string of the molecule is C[C@@H]1CCCN(C(=O)COC(=O)c2cccc(-n3cc(Br)cn3)c2)C1. The number of halogens is 1. The van der Waals surface area contributed by atoms with Crippen molar-refractivity contribution in [3.63, 3.8) is 0 Å². The molecule has 2 heterocycles. The van der Waals surface area contributed by atoms with Gasteiger partial charge in [0.2, 0.25) is 0 Å². The largest absolute Gasteiger partial charge is 0.452 e. The lowest BCUT2D eigenvalue weighted by Gasteiger charge is -2.30. The zero-order chi connectivity index (χ0) is 17.8. The molecule has 1 aromatic carbocycles. The Morgan fingerprint density at radius 2 is 2.24 bits per heavy atom. The monoisotopic (exact) mass is 405 g/mol. The Labute approximate surface area is 154 Å². The number of hydrogen-bond donors (Lipinski definition) is 0. The number of nitrogens with zero attached hydrogens (tertiary/aromatic N) is 3. The van der Waals surface area contributed by atoms with Gasteiger partial charge in [0.05, 0.1) is 21.9 Å². The van der Waals surface area contributed by atoms with Gasteiger partial charge in [-0.3, -0.25) is 4.79 Å². The number of hydrogen-bond acceptors (Lipinski definition) is 4. The summed E-state index contributed by atoms with van der Waals surface area (Å²) in [7, 11) is 0. The molecule has 0 aliphatic carbocycles. The van der Waals surface area contributed by atoms with Crippen LogP contribution in [0.5, 0.6) is 0 Å². The van der Waals surface area contributed by atoms with Crippen LogP contribution in [0.15, 0.2) is 41.1 Å². The lowest BCUT2D eigenvalue weighted by atomic mass is 10.0. The highest BCUT2D eigenvalue weighted by Crippen LogP contribution is 2.16. The van der Waals surface area contributed by atoms with Gasteiger partial charge in [-0.15, -0.1) is 0 Å². The predicted octanol–water partition coefficient (Wildman–Crippen LogP) is 3.05. The molecule has 0 unspecified atom stereocenters. The van der Waals surface area contributed by atoms with E-state index in [0.717, 1.165) is 36.1 Å². The number of piperidine rings is 1. The van der Waals surface area contributed by atoms with E-state index in [0.29, 0.717) is 11.5 Å². The normalized spacial score (nSPS) is 17.4. The zero-order valence-electron chi connectivity index (χ0n) is 14.0. The van der Waals surface area contributed by atoms with Gasteiger partial charge in [-0.2, -0.15) is 5.10 Å². The zero-order valence-corrected chi connectivity index (χ0v) is 15.6. The molecule has 0 saturated carbocycles. The molecule has 6 nitrogen and oxygen atoms in total. The summed E-state index contributed by atoms with van der Waals surface area (Å²) in [6.45, 7) is 3.39. The first kappa shape index (κ1) is 17.7. The second-order valence-corrected chi connectivity index (χ2v) is 7.23. The van der Waals surface area contributed by atoms with Crippen LogP contribution in [-0.4, -0.2) is 46.3 Å².